The van der Waals surface area contributed by atoms with E-state index in [0.717, 1.165) is 28.1 Å². The highest BCUT2D eigenvalue weighted by Gasteiger charge is 2.31. The van der Waals surface area contributed by atoms with Crippen LogP contribution in [0.3, 0.4) is 0 Å². The van der Waals surface area contributed by atoms with E-state index in [2.05, 4.69) is 5.32 Å². The summed E-state index contributed by atoms with van der Waals surface area (Å²) in [5, 5.41) is 3.57. The van der Waals surface area contributed by atoms with Gasteiger partial charge in [-0.2, -0.15) is 0 Å². The molecule has 3 rings (SSSR count). The van der Waals surface area contributed by atoms with Crippen LogP contribution in [0, 0.1) is 5.82 Å². The Hall–Kier alpha value is -3.43. The van der Waals surface area contributed by atoms with Crippen molar-refractivity contribution in [3.63, 3.8) is 0 Å². The Morgan fingerprint density at radius 3 is 2.20 bits per heavy atom. The first-order valence-electron chi connectivity index (χ1n) is 13.6. The number of carbonyl (C=O) groups is 2. The molecular formula is C31H37ClFN3O4S. The van der Waals surface area contributed by atoms with E-state index in [-0.39, 0.29) is 49.5 Å². The van der Waals surface area contributed by atoms with E-state index in [4.69, 9.17) is 11.6 Å². The van der Waals surface area contributed by atoms with Gasteiger partial charge in [0.05, 0.1) is 11.9 Å². The van der Waals surface area contributed by atoms with Crippen LogP contribution in [0.4, 0.5) is 10.1 Å². The van der Waals surface area contributed by atoms with Crippen LogP contribution in [0.5, 0.6) is 0 Å². The number of anilines is 1. The van der Waals surface area contributed by atoms with E-state index in [1.165, 1.54) is 18.2 Å². The predicted octanol–water partition coefficient (Wildman–Crippen LogP) is 5.58. The maximum atomic E-state index is 14.5. The van der Waals surface area contributed by atoms with Gasteiger partial charge in [0.1, 0.15) is 11.9 Å². The number of benzene rings is 3. The summed E-state index contributed by atoms with van der Waals surface area (Å²) in [4.78, 5) is 28.9. The first-order chi connectivity index (χ1) is 19.5. The van der Waals surface area contributed by atoms with Crippen molar-refractivity contribution < 1.29 is 22.4 Å². The van der Waals surface area contributed by atoms with Gasteiger partial charge < -0.3 is 10.2 Å². The SMILES string of the molecule is CC[C@@H](C)NC(=O)[C@@H](Cc1ccccc1)N(Cc1ccc(Cl)cc1)C(=O)CCCN(c1ccccc1F)S(C)(=O)=O. The lowest BCUT2D eigenvalue weighted by molar-refractivity contribution is -0.141. The number of hydrogen-bond acceptors (Lipinski definition) is 4. The predicted molar refractivity (Wildman–Crippen MR) is 162 cm³/mol. The van der Waals surface area contributed by atoms with Crippen molar-refractivity contribution in [1.29, 1.82) is 0 Å². The van der Waals surface area contributed by atoms with Gasteiger partial charge in [-0.25, -0.2) is 12.8 Å². The van der Waals surface area contributed by atoms with Crippen molar-refractivity contribution in [3.8, 4) is 0 Å². The van der Waals surface area contributed by atoms with Crippen LogP contribution in [-0.2, 0) is 32.6 Å². The zero-order valence-corrected chi connectivity index (χ0v) is 25.2. The molecule has 0 saturated carbocycles. The van der Waals surface area contributed by atoms with Crippen molar-refractivity contribution in [2.24, 2.45) is 0 Å². The minimum atomic E-state index is -3.81. The summed E-state index contributed by atoms with van der Waals surface area (Å²) in [6.07, 6.45) is 2.11. The second kappa shape index (κ2) is 15.0. The van der Waals surface area contributed by atoms with Crippen LogP contribution in [0.1, 0.15) is 44.2 Å². The lowest BCUT2D eigenvalue weighted by atomic mass is 10.0. The second-order valence-corrected chi connectivity index (χ2v) is 12.4. The molecule has 0 aromatic heterocycles. The third-order valence-electron chi connectivity index (χ3n) is 6.81. The van der Waals surface area contributed by atoms with Crippen molar-refractivity contribution in [3.05, 3.63) is 101 Å². The summed E-state index contributed by atoms with van der Waals surface area (Å²) in [7, 11) is -3.81. The molecule has 0 radical (unpaired) electrons. The summed E-state index contributed by atoms with van der Waals surface area (Å²) in [6.45, 7) is 3.94. The topological polar surface area (TPSA) is 86.8 Å². The van der Waals surface area contributed by atoms with Gasteiger partial charge in [0.2, 0.25) is 21.8 Å². The molecule has 0 unspecified atom stereocenters. The Labute approximate surface area is 247 Å². The van der Waals surface area contributed by atoms with Gasteiger partial charge in [-0.15, -0.1) is 0 Å². The van der Waals surface area contributed by atoms with Crippen LogP contribution in [-0.4, -0.2) is 50.0 Å². The minimum absolute atomic E-state index is 0.0457. The number of nitrogens with one attached hydrogen (secondary N) is 1. The lowest BCUT2D eigenvalue weighted by Crippen LogP contribution is -2.52. The second-order valence-electron chi connectivity index (χ2n) is 10.1. The molecular weight excluding hydrogens is 565 g/mol. The van der Waals surface area contributed by atoms with Crippen molar-refractivity contribution in [2.75, 3.05) is 17.1 Å². The third-order valence-corrected chi connectivity index (χ3v) is 8.24. The first kappa shape index (κ1) is 32.1. The number of rotatable bonds is 14. The molecule has 1 N–H and O–H groups in total. The Bertz CT molecular complexity index is 1400. The number of amides is 2. The molecule has 0 fully saturated rings. The van der Waals surface area contributed by atoms with Crippen molar-refractivity contribution in [1.82, 2.24) is 10.2 Å². The fourth-order valence-electron chi connectivity index (χ4n) is 4.42. The van der Waals surface area contributed by atoms with E-state index in [9.17, 15) is 22.4 Å². The van der Waals surface area contributed by atoms with Crippen LogP contribution < -0.4 is 9.62 Å². The molecule has 0 aliphatic carbocycles. The lowest BCUT2D eigenvalue weighted by Gasteiger charge is -2.32. The number of nitrogens with zero attached hydrogens (tertiary/aromatic N) is 2. The Morgan fingerprint density at radius 2 is 1.59 bits per heavy atom. The molecule has 3 aromatic rings. The van der Waals surface area contributed by atoms with E-state index in [1.807, 2.05) is 44.2 Å². The van der Waals surface area contributed by atoms with E-state index in [1.54, 1.807) is 35.2 Å². The zero-order valence-electron chi connectivity index (χ0n) is 23.6. The van der Waals surface area contributed by atoms with Crippen molar-refractivity contribution in [2.45, 2.75) is 58.2 Å². The monoisotopic (exact) mass is 601 g/mol. The van der Waals surface area contributed by atoms with Gasteiger partial charge in [0.15, 0.2) is 0 Å². The van der Waals surface area contributed by atoms with Gasteiger partial charge in [-0.1, -0.05) is 73.1 Å². The van der Waals surface area contributed by atoms with E-state index in [0.29, 0.717) is 11.4 Å². The molecule has 10 heteroatoms. The largest absolute Gasteiger partial charge is 0.352 e. The summed E-state index contributed by atoms with van der Waals surface area (Å²) in [5.41, 5.74) is 1.62. The highest BCUT2D eigenvalue weighted by atomic mass is 35.5. The molecule has 0 saturated heterocycles. The number of carbonyl (C=O) groups excluding carboxylic acids is 2. The van der Waals surface area contributed by atoms with Crippen molar-refractivity contribution >= 4 is 39.1 Å². The molecule has 0 heterocycles. The highest BCUT2D eigenvalue weighted by molar-refractivity contribution is 7.92. The summed E-state index contributed by atoms with van der Waals surface area (Å²) in [6, 6.07) is 21.2. The maximum Gasteiger partial charge on any atom is 0.243 e. The molecule has 7 nitrogen and oxygen atoms in total. The van der Waals surface area contributed by atoms with Gasteiger partial charge in [-0.3, -0.25) is 13.9 Å². The molecule has 0 aliphatic rings. The summed E-state index contributed by atoms with van der Waals surface area (Å²) < 4.78 is 40.4. The van der Waals surface area contributed by atoms with Gasteiger partial charge in [0, 0.05) is 37.0 Å². The molecule has 0 bridgehead atoms. The standard InChI is InChI=1S/C31H37ClFN3O4S/c1-4-23(2)34-31(38)29(21-24-11-6-5-7-12-24)35(22-25-16-18-26(32)19-17-25)30(37)15-10-20-36(41(3,39)40)28-14-9-8-13-27(28)33/h5-9,11-14,16-19,23,29H,4,10,15,20-22H2,1-3H3,(H,34,38)/t23-,29-/m1/s1. The number of para-hydroxylation sites is 1. The Balaban J connectivity index is 1.89. The normalized spacial score (nSPS) is 12.8. The number of sulfonamides is 1. The number of halogens is 2. The molecule has 220 valence electrons. The van der Waals surface area contributed by atoms with Gasteiger partial charge in [0.25, 0.3) is 0 Å². The average molecular weight is 602 g/mol. The summed E-state index contributed by atoms with van der Waals surface area (Å²) >= 11 is 6.08. The Morgan fingerprint density at radius 1 is 0.951 bits per heavy atom. The maximum absolute atomic E-state index is 14.5. The third kappa shape index (κ3) is 9.57. The molecule has 0 spiro atoms. The van der Waals surface area contributed by atoms with Gasteiger partial charge >= 0.3 is 0 Å². The average Bonchev–Trinajstić information content (AvgIpc) is 2.94. The molecule has 0 aliphatic heterocycles. The van der Waals surface area contributed by atoms with E-state index >= 15 is 0 Å². The smallest absolute Gasteiger partial charge is 0.243 e. The Kier molecular flexibility index (Phi) is 11.7. The van der Waals surface area contributed by atoms with Gasteiger partial charge in [-0.05, 0) is 55.2 Å². The molecule has 2 atom stereocenters. The fourth-order valence-corrected chi connectivity index (χ4v) is 5.51. The molecule has 41 heavy (non-hydrogen) atoms. The van der Waals surface area contributed by atoms with E-state index < -0.39 is 21.9 Å². The molecule has 2 amide bonds. The molecule has 3 aromatic carbocycles. The highest BCUT2D eigenvalue weighted by Crippen LogP contribution is 2.23. The first-order valence-corrected chi connectivity index (χ1v) is 15.8. The van der Waals surface area contributed by atoms with Crippen LogP contribution >= 0.6 is 11.6 Å². The zero-order chi connectivity index (χ0) is 30.0. The minimum Gasteiger partial charge on any atom is -0.352 e. The quantitative estimate of drug-likeness (QED) is 0.261. The van der Waals surface area contributed by atoms with Crippen LogP contribution in [0.25, 0.3) is 0 Å². The van der Waals surface area contributed by atoms with Crippen LogP contribution in [0.15, 0.2) is 78.9 Å². The number of hydrogen-bond donors (Lipinski definition) is 1. The fraction of sp³-hybridized carbons (Fsp3) is 0.355. The summed E-state index contributed by atoms with van der Waals surface area (Å²) in [5.74, 6) is -1.25. The van der Waals surface area contributed by atoms with Crippen LogP contribution in [0.2, 0.25) is 5.02 Å².